The minimum atomic E-state index is -1.06. The van der Waals surface area contributed by atoms with Gasteiger partial charge in [-0.25, -0.2) is 18.3 Å². The van der Waals surface area contributed by atoms with Crippen molar-refractivity contribution in [3.8, 4) is 5.69 Å². The molecule has 0 saturated heterocycles. The Morgan fingerprint density at radius 2 is 1.86 bits per heavy atom. The number of fused-ring (bicyclic) bond motifs is 2. The average molecular weight is 522 g/mol. The summed E-state index contributed by atoms with van der Waals surface area (Å²) in [4.78, 5) is 27.8. The van der Waals surface area contributed by atoms with Gasteiger partial charge in [0.05, 0.1) is 35.8 Å². The van der Waals surface area contributed by atoms with E-state index in [9.17, 15) is 23.5 Å². The van der Waals surface area contributed by atoms with Crippen LogP contribution in [0.5, 0.6) is 0 Å². The van der Waals surface area contributed by atoms with Crippen molar-refractivity contribution in [2.45, 2.75) is 12.1 Å². The van der Waals surface area contributed by atoms with Gasteiger partial charge in [-0.05, 0) is 54.6 Å². The second-order valence-corrected chi connectivity index (χ2v) is 9.14. The quantitative estimate of drug-likeness (QED) is 0.363. The van der Waals surface area contributed by atoms with Crippen LogP contribution < -0.4 is 15.5 Å². The maximum Gasteiger partial charge on any atom is 0.326 e. The highest BCUT2D eigenvalue weighted by Crippen LogP contribution is 2.41. The highest BCUT2D eigenvalue weighted by atomic mass is 35.5. The van der Waals surface area contributed by atoms with Crippen molar-refractivity contribution in [3.05, 3.63) is 106 Å². The lowest BCUT2D eigenvalue weighted by atomic mass is 9.95. The summed E-state index contributed by atoms with van der Waals surface area (Å²) in [5, 5.41) is 20.5. The smallest absolute Gasteiger partial charge is 0.326 e. The molecular formula is C26H18ClF2N5O3. The van der Waals surface area contributed by atoms with Gasteiger partial charge in [0.1, 0.15) is 11.6 Å². The van der Waals surface area contributed by atoms with Crippen LogP contribution in [0.4, 0.5) is 25.0 Å². The molecule has 6 rings (SSSR count). The van der Waals surface area contributed by atoms with Crippen LogP contribution in [0, 0.1) is 11.6 Å². The first-order valence-electron chi connectivity index (χ1n) is 11.3. The fourth-order valence-corrected chi connectivity index (χ4v) is 5.05. The van der Waals surface area contributed by atoms with Crippen LogP contribution >= 0.6 is 11.6 Å². The number of urea groups is 1. The maximum absolute atomic E-state index is 14.1. The van der Waals surface area contributed by atoms with Crippen LogP contribution in [0.25, 0.3) is 5.69 Å². The Bertz CT molecular complexity index is 1580. The number of carbonyl (C=O) groups excluding carboxylic acids is 2. The van der Waals surface area contributed by atoms with Gasteiger partial charge in [0, 0.05) is 39.7 Å². The van der Waals surface area contributed by atoms with Crippen LogP contribution in [-0.4, -0.2) is 33.4 Å². The second kappa shape index (κ2) is 8.68. The van der Waals surface area contributed by atoms with Crippen LogP contribution in [0.2, 0.25) is 5.02 Å². The number of nitrogens with zero attached hydrogens (tertiary/aromatic N) is 3. The summed E-state index contributed by atoms with van der Waals surface area (Å²) in [5.41, 5.74) is 2.43. The lowest BCUT2D eigenvalue weighted by Crippen LogP contribution is -2.34. The van der Waals surface area contributed by atoms with Gasteiger partial charge in [0.15, 0.2) is 0 Å². The summed E-state index contributed by atoms with van der Waals surface area (Å²) in [6.07, 6.45) is 2.20. The number of β-amino-alcohol motifs (C(OH)–C–C–N with tert-alkyl or cyclic N) is 1. The summed E-state index contributed by atoms with van der Waals surface area (Å²) in [6.45, 7) is -0.0814. The summed E-state index contributed by atoms with van der Waals surface area (Å²) < 4.78 is 29.4. The number of carbonyl (C=O) groups is 2. The van der Waals surface area contributed by atoms with Gasteiger partial charge in [-0.2, -0.15) is 5.10 Å². The summed E-state index contributed by atoms with van der Waals surface area (Å²) in [7, 11) is 0. The predicted octanol–water partition coefficient (Wildman–Crippen LogP) is 4.72. The molecule has 11 heteroatoms. The maximum atomic E-state index is 14.1. The van der Waals surface area contributed by atoms with Gasteiger partial charge in [-0.3, -0.25) is 9.69 Å². The monoisotopic (exact) mass is 521 g/mol. The topological polar surface area (TPSA) is 99.5 Å². The number of benzene rings is 3. The standard InChI is InChI=1S/C26H18ClF2N5O3/c27-19-4-2-13(28)8-16(19)24-23-18(25(36)32-24)10-15(34-7-1-6-30-34)11-20(23)31-26(37)33-12-22(35)17-9-14(29)3-5-21(17)33/h1-11,22,24,35H,12H2,(H,31,37)(H,32,36)/t22-,24+/m1/s1. The third kappa shape index (κ3) is 3.90. The number of nitrogens with one attached hydrogen (secondary N) is 2. The number of aliphatic hydroxyl groups excluding tert-OH is 1. The first-order valence-corrected chi connectivity index (χ1v) is 11.7. The zero-order valence-electron chi connectivity index (χ0n) is 19.0. The van der Waals surface area contributed by atoms with E-state index >= 15 is 0 Å². The summed E-state index contributed by atoms with van der Waals surface area (Å²) in [5.74, 6) is -1.48. The number of amides is 3. The molecule has 2 atom stereocenters. The van der Waals surface area contributed by atoms with Crippen molar-refractivity contribution in [2.24, 2.45) is 0 Å². The Labute approximate surface area is 214 Å². The molecule has 0 aliphatic carbocycles. The predicted molar refractivity (Wildman–Crippen MR) is 132 cm³/mol. The van der Waals surface area contributed by atoms with Crippen molar-refractivity contribution in [1.82, 2.24) is 15.1 Å². The molecule has 37 heavy (non-hydrogen) atoms. The van der Waals surface area contributed by atoms with E-state index in [2.05, 4.69) is 15.7 Å². The number of hydrogen-bond acceptors (Lipinski definition) is 4. The van der Waals surface area contributed by atoms with Crippen LogP contribution in [0.3, 0.4) is 0 Å². The van der Waals surface area contributed by atoms with Crippen molar-refractivity contribution in [2.75, 3.05) is 16.8 Å². The molecular weight excluding hydrogens is 504 g/mol. The van der Waals surface area contributed by atoms with Gasteiger partial charge in [0.25, 0.3) is 5.91 Å². The first-order chi connectivity index (χ1) is 17.8. The minimum absolute atomic E-state index is 0.0814. The Morgan fingerprint density at radius 3 is 2.62 bits per heavy atom. The highest BCUT2D eigenvalue weighted by molar-refractivity contribution is 6.31. The second-order valence-electron chi connectivity index (χ2n) is 8.74. The molecule has 0 unspecified atom stereocenters. The number of aliphatic hydroxyl groups is 1. The molecule has 3 heterocycles. The Balaban J connectivity index is 1.46. The van der Waals surface area contributed by atoms with E-state index in [1.165, 1.54) is 46.0 Å². The molecule has 0 saturated carbocycles. The summed E-state index contributed by atoms with van der Waals surface area (Å²) in [6, 6.07) is 11.2. The third-order valence-electron chi connectivity index (χ3n) is 6.49. The first kappa shape index (κ1) is 23.1. The number of rotatable bonds is 3. The van der Waals surface area contributed by atoms with Gasteiger partial charge in [-0.1, -0.05) is 11.6 Å². The van der Waals surface area contributed by atoms with Crippen molar-refractivity contribution >= 4 is 34.9 Å². The largest absolute Gasteiger partial charge is 0.386 e. The molecule has 4 aromatic rings. The number of anilines is 2. The van der Waals surface area contributed by atoms with E-state index in [4.69, 9.17) is 11.6 Å². The van der Waals surface area contributed by atoms with E-state index in [1.54, 1.807) is 30.6 Å². The minimum Gasteiger partial charge on any atom is -0.386 e. The lowest BCUT2D eigenvalue weighted by Gasteiger charge is -2.22. The molecule has 8 nitrogen and oxygen atoms in total. The van der Waals surface area contributed by atoms with Crippen molar-refractivity contribution in [1.29, 1.82) is 0 Å². The fourth-order valence-electron chi connectivity index (χ4n) is 4.83. The molecule has 0 fully saturated rings. The third-order valence-corrected chi connectivity index (χ3v) is 6.84. The van der Waals surface area contributed by atoms with Crippen LogP contribution in [0.15, 0.2) is 67.0 Å². The van der Waals surface area contributed by atoms with Crippen LogP contribution in [-0.2, 0) is 0 Å². The Kier molecular flexibility index (Phi) is 5.43. The molecule has 3 aromatic carbocycles. The molecule has 0 bridgehead atoms. The molecule has 186 valence electrons. The molecule has 0 spiro atoms. The van der Waals surface area contributed by atoms with Gasteiger partial charge in [0.2, 0.25) is 0 Å². The SMILES string of the molecule is O=C1N[C@@H](c2cc(F)ccc2Cl)c2c(NC(=O)N3C[C@@H](O)c4cc(F)ccc43)cc(-n3cccn3)cc21. The van der Waals surface area contributed by atoms with Gasteiger partial charge in [-0.15, -0.1) is 0 Å². The Morgan fingerprint density at radius 1 is 1.11 bits per heavy atom. The normalized spacial score (nSPS) is 17.9. The van der Waals surface area contributed by atoms with E-state index in [0.29, 0.717) is 28.1 Å². The van der Waals surface area contributed by atoms with E-state index in [0.717, 1.165) is 0 Å². The molecule has 2 aliphatic rings. The van der Waals surface area contributed by atoms with E-state index in [-0.39, 0.29) is 22.8 Å². The van der Waals surface area contributed by atoms with E-state index < -0.39 is 35.7 Å². The highest BCUT2D eigenvalue weighted by Gasteiger charge is 2.37. The number of hydrogen-bond donors (Lipinski definition) is 3. The zero-order valence-corrected chi connectivity index (χ0v) is 19.7. The van der Waals surface area contributed by atoms with E-state index in [1.807, 2.05) is 0 Å². The molecule has 0 radical (unpaired) electrons. The summed E-state index contributed by atoms with van der Waals surface area (Å²) >= 11 is 6.36. The Hall–Kier alpha value is -4.28. The van der Waals surface area contributed by atoms with Crippen molar-refractivity contribution < 1.29 is 23.5 Å². The van der Waals surface area contributed by atoms with Gasteiger partial charge < -0.3 is 15.7 Å². The lowest BCUT2D eigenvalue weighted by molar-refractivity contribution is 0.0960. The number of aromatic nitrogens is 2. The fraction of sp³-hybridized carbons (Fsp3) is 0.115. The zero-order chi connectivity index (χ0) is 25.8. The van der Waals surface area contributed by atoms with Gasteiger partial charge >= 0.3 is 6.03 Å². The molecule has 1 aromatic heterocycles. The number of halogens is 3. The van der Waals surface area contributed by atoms with Crippen LogP contribution in [0.1, 0.15) is 39.2 Å². The molecule has 3 N–H and O–H groups in total. The van der Waals surface area contributed by atoms with Crippen molar-refractivity contribution in [3.63, 3.8) is 0 Å². The average Bonchev–Trinajstić information content (AvgIpc) is 3.60. The molecule has 2 aliphatic heterocycles. The molecule has 3 amide bonds.